The maximum absolute atomic E-state index is 2.45. The minimum absolute atomic E-state index is 1.24. The third-order valence-corrected chi connectivity index (χ3v) is 8.12. The second kappa shape index (κ2) is 5.69. The molecule has 0 spiro atoms. The van der Waals surface area contributed by atoms with Gasteiger partial charge in [-0.25, -0.2) is 0 Å². The van der Waals surface area contributed by atoms with E-state index in [1.807, 2.05) is 22.7 Å². The normalized spacial score (nSPS) is 12.1. The topological polar surface area (TPSA) is 4.93 Å². The van der Waals surface area contributed by atoms with E-state index in [-0.39, 0.29) is 0 Å². The third kappa shape index (κ3) is 2.09. The van der Waals surface area contributed by atoms with Crippen molar-refractivity contribution in [3.05, 3.63) is 91.0 Å². The summed E-state index contributed by atoms with van der Waals surface area (Å²) in [5.41, 5.74) is 2.51. The molecule has 0 radical (unpaired) electrons. The number of hydrogen-bond donors (Lipinski definition) is 0. The molecule has 0 N–H and O–H groups in total. The fourth-order valence-electron chi connectivity index (χ4n) is 4.55. The predicted octanol–water partition coefficient (Wildman–Crippen LogP) is 8.37. The first-order valence-corrected chi connectivity index (χ1v) is 11.3. The zero-order valence-corrected chi connectivity index (χ0v) is 17.1. The van der Waals surface area contributed by atoms with Crippen LogP contribution >= 0.6 is 22.7 Å². The number of aromatic nitrogens is 1. The Labute approximate surface area is 175 Å². The lowest BCUT2D eigenvalue weighted by Gasteiger charge is -2.07. The summed E-state index contributed by atoms with van der Waals surface area (Å²) in [6.45, 7) is 0. The summed E-state index contributed by atoms with van der Waals surface area (Å²) < 4.78 is 6.49. The van der Waals surface area contributed by atoms with Gasteiger partial charge in [0.05, 0.1) is 5.52 Å². The van der Waals surface area contributed by atoms with Gasteiger partial charge in [0.1, 0.15) is 4.83 Å². The summed E-state index contributed by atoms with van der Waals surface area (Å²) >= 11 is 3.76. The molecule has 0 aliphatic carbocycles. The lowest BCUT2D eigenvalue weighted by atomic mass is 10.1. The molecule has 0 amide bonds. The monoisotopic (exact) mass is 405 g/mol. The van der Waals surface area contributed by atoms with E-state index in [1.54, 1.807) is 0 Å². The van der Waals surface area contributed by atoms with Crippen molar-refractivity contribution in [1.29, 1.82) is 0 Å². The fraction of sp³-hybridized carbons (Fsp3) is 0. The summed E-state index contributed by atoms with van der Waals surface area (Å²) in [5.74, 6) is 0. The second-order valence-electron chi connectivity index (χ2n) is 7.41. The molecule has 3 heteroatoms. The molecule has 1 nitrogen and oxygen atoms in total. The Balaban J connectivity index is 1.65. The van der Waals surface area contributed by atoms with Crippen molar-refractivity contribution in [2.24, 2.45) is 0 Å². The highest BCUT2D eigenvalue weighted by Crippen LogP contribution is 2.43. The van der Waals surface area contributed by atoms with Gasteiger partial charge < -0.3 is 4.57 Å². The van der Waals surface area contributed by atoms with Crippen LogP contribution in [0.15, 0.2) is 91.0 Å². The summed E-state index contributed by atoms with van der Waals surface area (Å²) in [4.78, 5) is 1.33. The SMILES string of the molecule is c1ccc2c(c1)sc1ccc(-n3c4ccccc4c4c5ccccc5sc43)cc12. The predicted molar refractivity (Wildman–Crippen MR) is 129 cm³/mol. The Morgan fingerprint density at radius 1 is 0.517 bits per heavy atom. The van der Waals surface area contributed by atoms with Gasteiger partial charge in [0.2, 0.25) is 0 Å². The van der Waals surface area contributed by atoms with E-state index in [1.165, 1.54) is 57.1 Å². The van der Waals surface area contributed by atoms with Gasteiger partial charge in [-0.2, -0.15) is 0 Å². The van der Waals surface area contributed by atoms with Gasteiger partial charge in [0.15, 0.2) is 0 Å². The quantitative estimate of drug-likeness (QED) is 0.258. The molecule has 29 heavy (non-hydrogen) atoms. The number of nitrogens with zero attached hydrogens (tertiary/aromatic N) is 1. The minimum atomic E-state index is 1.24. The van der Waals surface area contributed by atoms with E-state index >= 15 is 0 Å². The molecule has 3 heterocycles. The number of benzene rings is 4. The van der Waals surface area contributed by atoms with Crippen LogP contribution in [0, 0.1) is 0 Å². The van der Waals surface area contributed by atoms with Crippen molar-refractivity contribution in [2.45, 2.75) is 0 Å². The van der Waals surface area contributed by atoms with Crippen molar-refractivity contribution >= 4 is 74.1 Å². The largest absolute Gasteiger partial charge is 0.301 e. The van der Waals surface area contributed by atoms with Gasteiger partial charge in [-0.15, -0.1) is 22.7 Å². The van der Waals surface area contributed by atoms with E-state index in [2.05, 4.69) is 95.6 Å². The zero-order valence-electron chi connectivity index (χ0n) is 15.4. The first-order valence-electron chi connectivity index (χ1n) is 9.71. The summed E-state index contributed by atoms with van der Waals surface area (Å²) in [6.07, 6.45) is 0. The van der Waals surface area contributed by atoms with Gasteiger partial charge >= 0.3 is 0 Å². The fourth-order valence-corrected chi connectivity index (χ4v) is 6.89. The average molecular weight is 406 g/mol. The smallest absolute Gasteiger partial charge is 0.109 e. The number of thiophene rings is 2. The van der Waals surface area contributed by atoms with Crippen LogP contribution in [0.25, 0.3) is 57.1 Å². The molecule has 136 valence electrons. The van der Waals surface area contributed by atoms with Crippen molar-refractivity contribution in [2.75, 3.05) is 0 Å². The highest BCUT2D eigenvalue weighted by atomic mass is 32.1. The van der Waals surface area contributed by atoms with E-state index in [9.17, 15) is 0 Å². The highest BCUT2D eigenvalue weighted by molar-refractivity contribution is 7.26. The number of para-hydroxylation sites is 1. The highest BCUT2D eigenvalue weighted by Gasteiger charge is 2.17. The molecule has 0 bridgehead atoms. The van der Waals surface area contributed by atoms with Crippen molar-refractivity contribution in [3.63, 3.8) is 0 Å². The van der Waals surface area contributed by atoms with Crippen LogP contribution in [0.2, 0.25) is 0 Å². The molecule has 0 unspecified atom stereocenters. The van der Waals surface area contributed by atoms with Crippen molar-refractivity contribution in [1.82, 2.24) is 4.57 Å². The molecule has 0 fully saturated rings. The Bertz CT molecular complexity index is 1710. The molecule has 3 aromatic heterocycles. The van der Waals surface area contributed by atoms with E-state index in [0.717, 1.165) is 0 Å². The molecule has 0 aliphatic heterocycles. The molecule has 0 saturated carbocycles. The van der Waals surface area contributed by atoms with E-state index in [0.29, 0.717) is 0 Å². The standard InChI is InChI=1S/C26H15NS2/c1-4-10-21-18(8-1)25-19-9-3-6-12-23(19)29-26(25)27(21)16-13-14-24-20(15-16)17-7-2-5-11-22(17)28-24/h1-15H. The molecule has 4 aromatic carbocycles. The van der Waals surface area contributed by atoms with Crippen LogP contribution in [-0.4, -0.2) is 4.57 Å². The molecule has 0 atom stereocenters. The minimum Gasteiger partial charge on any atom is -0.301 e. The molecular formula is C26H15NS2. The van der Waals surface area contributed by atoms with Crippen molar-refractivity contribution in [3.8, 4) is 5.69 Å². The van der Waals surface area contributed by atoms with Gasteiger partial charge in [-0.3, -0.25) is 0 Å². The summed E-state index contributed by atoms with van der Waals surface area (Å²) in [6, 6.07) is 33.2. The first kappa shape index (κ1) is 15.7. The molecule has 0 saturated heterocycles. The van der Waals surface area contributed by atoms with Crippen molar-refractivity contribution < 1.29 is 0 Å². The Kier molecular flexibility index (Phi) is 3.09. The maximum atomic E-state index is 2.45. The van der Waals surface area contributed by atoms with Crippen LogP contribution in [0.1, 0.15) is 0 Å². The van der Waals surface area contributed by atoms with Crippen LogP contribution in [0.3, 0.4) is 0 Å². The third-order valence-electron chi connectivity index (χ3n) is 5.81. The first-order chi connectivity index (χ1) is 14.4. The van der Waals surface area contributed by atoms with Crippen LogP contribution < -0.4 is 0 Å². The van der Waals surface area contributed by atoms with Gasteiger partial charge in [0.25, 0.3) is 0 Å². The van der Waals surface area contributed by atoms with Gasteiger partial charge in [-0.1, -0.05) is 54.6 Å². The Morgan fingerprint density at radius 2 is 1.17 bits per heavy atom. The Morgan fingerprint density at radius 3 is 2.03 bits per heavy atom. The molecular weight excluding hydrogens is 390 g/mol. The molecule has 0 aliphatic rings. The van der Waals surface area contributed by atoms with Crippen LogP contribution in [0.4, 0.5) is 0 Å². The van der Waals surface area contributed by atoms with Crippen LogP contribution in [0.5, 0.6) is 0 Å². The second-order valence-corrected chi connectivity index (χ2v) is 9.52. The molecule has 7 rings (SSSR count). The van der Waals surface area contributed by atoms with Gasteiger partial charge in [-0.05, 0) is 36.4 Å². The zero-order chi connectivity index (χ0) is 18.9. The lowest BCUT2D eigenvalue weighted by molar-refractivity contribution is 1.20. The van der Waals surface area contributed by atoms with E-state index in [4.69, 9.17) is 0 Å². The van der Waals surface area contributed by atoms with Gasteiger partial charge in [0, 0.05) is 46.7 Å². The lowest BCUT2D eigenvalue weighted by Crippen LogP contribution is -1.91. The van der Waals surface area contributed by atoms with Crippen LogP contribution in [-0.2, 0) is 0 Å². The Hall–Kier alpha value is -3.14. The number of fused-ring (bicyclic) bond motifs is 8. The maximum Gasteiger partial charge on any atom is 0.109 e. The number of hydrogen-bond acceptors (Lipinski definition) is 2. The van der Waals surface area contributed by atoms with E-state index < -0.39 is 0 Å². The summed E-state index contributed by atoms with van der Waals surface area (Å²) in [7, 11) is 0. The molecule has 7 aromatic rings. The number of rotatable bonds is 1. The average Bonchev–Trinajstić information content (AvgIpc) is 3.41. The summed E-state index contributed by atoms with van der Waals surface area (Å²) in [5, 5.41) is 6.74.